The fourth-order valence-electron chi connectivity index (χ4n) is 4.08. The third kappa shape index (κ3) is 3.98. The second-order valence-electron chi connectivity index (χ2n) is 8.31. The molecule has 35 heavy (non-hydrogen) atoms. The number of nitrogens with one attached hydrogen (secondary N) is 1. The van der Waals surface area contributed by atoms with Crippen LogP contribution in [0.3, 0.4) is 0 Å². The highest BCUT2D eigenvalue weighted by Gasteiger charge is 2.33. The smallest absolute Gasteiger partial charge is 0.268 e. The Kier molecular flexibility index (Phi) is 5.45. The molecule has 0 saturated carbocycles. The van der Waals surface area contributed by atoms with Crippen molar-refractivity contribution in [1.29, 1.82) is 0 Å². The maximum Gasteiger partial charge on any atom is 0.276 e. The number of imide groups is 1. The molecule has 8 heteroatoms. The molecular weight excluding hydrogens is 462 g/mol. The van der Waals surface area contributed by atoms with Crippen LogP contribution >= 0.6 is 0 Å². The summed E-state index contributed by atoms with van der Waals surface area (Å²) in [5.74, 6) is -0.772. The summed E-state index contributed by atoms with van der Waals surface area (Å²) in [5.41, 5.74) is 3.39. The molecule has 0 bridgehead atoms. The van der Waals surface area contributed by atoms with Crippen molar-refractivity contribution >= 4 is 44.0 Å². The number of nitrogens with zero attached hydrogens (tertiary/aromatic N) is 2. The van der Waals surface area contributed by atoms with E-state index in [1.807, 2.05) is 19.1 Å². The van der Waals surface area contributed by atoms with Crippen molar-refractivity contribution in [2.24, 2.45) is 5.10 Å². The van der Waals surface area contributed by atoms with Crippen LogP contribution in [0.15, 0.2) is 94.9 Å². The van der Waals surface area contributed by atoms with Crippen molar-refractivity contribution in [2.45, 2.75) is 18.7 Å². The molecule has 1 N–H and O–H groups in total. The van der Waals surface area contributed by atoms with Crippen LogP contribution in [0.2, 0.25) is 0 Å². The van der Waals surface area contributed by atoms with Crippen molar-refractivity contribution in [1.82, 2.24) is 4.83 Å². The number of anilines is 1. The fraction of sp³-hybridized carbons (Fsp3) is 0.0741. The summed E-state index contributed by atoms with van der Waals surface area (Å²) in [4.78, 5) is 29.9. The van der Waals surface area contributed by atoms with Gasteiger partial charge in [-0.05, 0) is 61.2 Å². The highest BCUT2D eigenvalue weighted by Crippen LogP contribution is 2.32. The molecule has 1 heterocycles. The van der Waals surface area contributed by atoms with Gasteiger partial charge in [0.05, 0.1) is 16.3 Å². The van der Waals surface area contributed by atoms with Crippen molar-refractivity contribution in [2.75, 3.05) is 4.90 Å². The lowest BCUT2D eigenvalue weighted by molar-refractivity contribution is 0.0893. The Morgan fingerprint density at radius 2 is 1.37 bits per heavy atom. The molecule has 0 aliphatic carbocycles. The molecule has 0 aromatic heterocycles. The summed E-state index contributed by atoms with van der Waals surface area (Å²) in [5, 5.41) is 5.54. The SMILES string of the molecule is CC(=NNS(=O)(=O)c1ccc(C)cc1)c1ccc(N2C(=O)c3cccc4cccc(c34)C2=O)cc1. The van der Waals surface area contributed by atoms with Gasteiger partial charge < -0.3 is 0 Å². The second-order valence-corrected chi connectivity index (χ2v) is 9.97. The van der Waals surface area contributed by atoms with Crippen LogP contribution in [0.4, 0.5) is 5.69 Å². The molecule has 4 aromatic rings. The lowest BCUT2D eigenvalue weighted by Crippen LogP contribution is -2.40. The molecule has 1 aliphatic heterocycles. The summed E-state index contributed by atoms with van der Waals surface area (Å²) in [6.07, 6.45) is 0. The number of hydrazone groups is 1. The van der Waals surface area contributed by atoms with E-state index >= 15 is 0 Å². The number of carbonyl (C=O) groups is 2. The van der Waals surface area contributed by atoms with E-state index in [1.54, 1.807) is 67.6 Å². The van der Waals surface area contributed by atoms with Gasteiger partial charge in [-0.1, -0.05) is 54.1 Å². The molecule has 7 nitrogen and oxygen atoms in total. The highest BCUT2D eigenvalue weighted by molar-refractivity contribution is 7.89. The minimum absolute atomic E-state index is 0.118. The van der Waals surface area contributed by atoms with Gasteiger partial charge in [0.1, 0.15) is 0 Å². The molecule has 0 spiro atoms. The quantitative estimate of drug-likeness (QED) is 0.254. The largest absolute Gasteiger partial charge is 0.276 e. The van der Waals surface area contributed by atoms with E-state index in [0.717, 1.165) is 15.8 Å². The number of hydrogen-bond donors (Lipinski definition) is 1. The topological polar surface area (TPSA) is 95.9 Å². The van der Waals surface area contributed by atoms with E-state index in [1.165, 1.54) is 12.1 Å². The van der Waals surface area contributed by atoms with Crippen molar-refractivity contribution in [3.05, 3.63) is 107 Å². The van der Waals surface area contributed by atoms with Gasteiger partial charge >= 0.3 is 0 Å². The number of aryl methyl sites for hydroxylation is 1. The standard InChI is InChI=1S/C27H21N3O4S/c1-17-9-15-22(16-10-17)35(33,34)29-28-18(2)19-11-13-21(14-12-19)30-26(31)23-7-3-5-20-6-4-8-24(25(20)23)27(30)32/h3-16,29H,1-2H3. The number of rotatable bonds is 5. The molecule has 4 aromatic carbocycles. The lowest BCUT2D eigenvalue weighted by Gasteiger charge is -2.27. The molecule has 174 valence electrons. The molecular formula is C27H21N3O4S. The summed E-state index contributed by atoms with van der Waals surface area (Å²) < 4.78 is 25.0. The number of amides is 2. The zero-order valence-electron chi connectivity index (χ0n) is 19.0. The van der Waals surface area contributed by atoms with Gasteiger partial charge in [-0.25, -0.2) is 4.90 Å². The normalized spacial score (nSPS) is 13.9. The predicted octanol–water partition coefficient (Wildman–Crippen LogP) is 4.65. The monoisotopic (exact) mass is 483 g/mol. The van der Waals surface area contributed by atoms with E-state index in [2.05, 4.69) is 9.93 Å². The summed E-state index contributed by atoms with van der Waals surface area (Å²) in [7, 11) is -3.80. The highest BCUT2D eigenvalue weighted by atomic mass is 32.2. The molecule has 0 fully saturated rings. The number of benzene rings is 4. The Morgan fingerprint density at radius 1 is 0.800 bits per heavy atom. The van der Waals surface area contributed by atoms with Gasteiger partial charge in [-0.2, -0.15) is 18.4 Å². The van der Waals surface area contributed by atoms with Crippen molar-refractivity contribution < 1.29 is 18.0 Å². The fourth-order valence-corrected chi connectivity index (χ4v) is 4.94. The van der Waals surface area contributed by atoms with E-state index in [9.17, 15) is 18.0 Å². The van der Waals surface area contributed by atoms with Crippen molar-refractivity contribution in [3.8, 4) is 0 Å². The summed E-state index contributed by atoms with van der Waals surface area (Å²) >= 11 is 0. The Hall–Kier alpha value is -4.30. The van der Waals surface area contributed by atoms with Gasteiger partial charge in [-0.15, -0.1) is 0 Å². The zero-order chi connectivity index (χ0) is 24.7. The Balaban J connectivity index is 1.40. The minimum atomic E-state index is -3.80. The van der Waals surface area contributed by atoms with Gasteiger partial charge in [0.2, 0.25) is 0 Å². The second kappa shape index (κ2) is 8.48. The molecule has 2 amide bonds. The number of carbonyl (C=O) groups excluding carboxylic acids is 2. The molecule has 0 atom stereocenters. The van der Waals surface area contributed by atoms with E-state index in [4.69, 9.17) is 0 Å². The summed E-state index contributed by atoms with van der Waals surface area (Å²) in [6, 6.07) is 23.9. The third-order valence-corrected chi connectivity index (χ3v) is 7.20. The van der Waals surface area contributed by atoms with Gasteiger partial charge in [-0.3, -0.25) is 9.59 Å². The number of sulfonamides is 1. The first-order valence-electron chi connectivity index (χ1n) is 10.9. The van der Waals surface area contributed by atoms with Gasteiger partial charge in [0.15, 0.2) is 0 Å². The van der Waals surface area contributed by atoms with Crippen LogP contribution in [0.5, 0.6) is 0 Å². The minimum Gasteiger partial charge on any atom is -0.268 e. The third-order valence-electron chi connectivity index (χ3n) is 5.98. The molecule has 0 unspecified atom stereocenters. The van der Waals surface area contributed by atoms with E-state index in [0.29, 0.717) is 33.5 Å². The van der Waals surface area contributed by atoms with E-state index < -0.39 is 10.0 Å². The Labute approximate surface area is 202 Å². The number of hydrogen-bond acceptors (Lipinski definition) is 5. The zero-order valence-corrected chi connectivity index (χ0v) is 19.8. The van der Waals surface area contributed by atoms with Crippen LogP contribution in [0, 0.1) is 6.92 Å². The van der Waals surface area contributed by atoms with Gasteiger partial charge in [0, 0.05) is 16.5 Å². The first-order chi connectivity index (χ1) is 16.8. The van der Waals surface area contributed by atoms with E-state index in [-0.39, 0.29) is 16.7 Å². The maximum atomic E-state index is 13.2. The maximum absolute atomic E-state index is 13.2. The Morgan fingerprint density at radius 3 is 1.94 bits per heavy atom. The first-order valence-corrected chi connectivity index (χ1v) is 12.4. The Bertz CT molecular complexity index is 1570. The average molecular weight is 484 g/mol. The van der Waals surface area contributed by atoms with Gasteiger partial charge in [0.25, 0.3) is 21.8 Å². The first kappa shape index (κ1) is 22.5. The molecule has 1 aliphatic rings. The van der Waals surface area contributed by atoms with Crippen LogP contribution < -0.4 is 9.73 Å². The van der Waals surface area contributed by atoms with Crippen LogP contribution in [0.25, 0.3) is 10.8 Å². The molecule has 0 radical (unpaired) electrons. The lowest BCUT2D eigenvalue weighted by atomic mass is 9.93. The predicted molar refractivity (Wildman–Crippen MR) is 135 cm³/mol. The van der Waals surface area contributed by atoms with Crippen LogP contribution in [0.1, 0.15) is 38.8 Å². The van der Waals surface area contributed by atoms with Crippen LogP contribution in [-0.2, 0) is 10.0 Å². The average Bonchev–Trinajstić information content (AvgIpc) is 2.86. The summed E-state index contributed by atoms with van der Waals surface area (Å²) in [6.45, 7) is 3.54. The van der Waals surface area contributed by atoms with Crippen molar-refractivity contribution in [3.63, 3.8) is 0 Å². The van der Waals surface area contributed by atoms with Crippen LogP contribution in [-0.4, -0.2) is 25.9 Å². The molecule has 0 saturated heterocycles. The molecule has 5 rings (SSSR count).